The van der Waals surface area contributed by atoms with Gasteiger partial charge in [0.25, 0.3) is 0 Å². The molecule has 0 unspecified atom stereocenters. The second-order valence-corrected chi connectivity index (χ2v) is 4.74. The van der Waals surface area contributed by atoms with Crippen molar-refractivity contribution < 1.29 is 4.39 Å². The van der Waals surface area contributed by atoms with E-state index in [1.807, 2.05) is 6.20 Å². The molecular weight excluding hydrogens is 231 g/mol. The fourth-order valence-electron chi connectivity index (χ4n) is 1.81. The third-order valence-electron chi connectivity index (χ3n) is 3.10. The Balaban J connectivity index is 1.76. The van der Waals surface area contributed by atoms with Crippen LogP contribution in [0, 0.1) is 12.7 Å². The van der Waals surface area contributed by atoms with Crippen LogP contribution in [0.1, 0.15) is 24.1 Å². The molecule has 0 spiro atoms. The van der Waals surface area contributed by atoms with E-state index >= 15 is 0 Å². The molecule has 1 aromatic carbocycles. The predicted molar refractivity (Wildman–Crippen MR) is 65.9 cm³/mol. The first kappa shape index (κ1) is 11.3. The minimum Gasteiger partial charge on any atom is -0.308 e. The zero-order chi connectivity index (χ0) is 12.5. The molecule has 0 amide bonds. The monoisotopic (exact) mass is 246 g/mol. The van der Waals surface area contributed by atoms with Gasteiger partial charge in [-0.25, -0.2) is 9.07 Å². The van der Waals surface area contributed by atoms with Crippen molar-refractivity contribution in [3.63, 3.8) is 0 Å². The molecule has 3 rings (SSSR count). The van der Waals surface area contributed by atoms with E-state index in [4.69, 9.17) is 0 Å². The Kier molecular flexibility index (Phi) is 2.83. The molecule has 0 atom stereocenters. The van der Waals surface area contributed by atoms with E-state index in [1.165, 1.54) is 18.9 Å². The van der Waals surface area contributed by atoms with Crippen molar-refractivity contribution in [1.82, 2.24) is 20.3 Å². The van der Waals surface area contributed by atoms with Crippen LogP contribution in [0.4, 0.5) is 4.39 Å². The molecule has 1 N–H and O–H groups in total. The Morgan fingerprint density at radius 3 is 3.00 bits per heavy atom. The van der Waals surface area contributed by atoms with Crippen LogP contribution in [0.5, 0.6) is 0 Å². The summed E-state index contributed by atoms with van der Waals surface area (Å²) in [5.74, 6) is -0.200. The summed E-state index contributed by atoms with van der Waals surface area (Å²) in [4.78, 5) is 0. The fraction of sp³-hybridized carbons (Fsp3) is 0.385. The van der Waals surface area contributed by atoms with Crippen molar-refractivity contribution >= 4 is 0 Å². The minimum atomic E-state index is -0.200. The zero-order valence-electron chi connectivity index (χ0n) is 10.2. The van der Waals surface area contributed by atoms with Crippen molar-refractivity contribution in [2.75, 3.05) is 0 Å². The minimum absolute atomic E-state index is 0.200. The Morgan fingerprint density at radius 2 is 2.28 bits per heavy atom. The van der Waals surface area contributed by atoms with Gasteiger partial charge in [0.05, 0.1) is 17.6 Å². The molecule has 1 saturated carbocycles. The van der Waals surface area contributed by atoms with Gasteiger partial charge in [-0.1, -0.05) is 5.21 Å². The Hall–Kier alpha value is -1.75. The molecule has 94 valence electrons. The molecule has 0 aliphatic heterocycles. The molecule has 18 heavy (non-hydrogen) atoms. The lowest BCUT2D eigenvalue weighted by molar-refractivity contribution is 0.617. The number of nitrogens with one attached hydrogen (secondary N) is 1. The normalized spacial score (nSPS) is 15.0. The smallest absolute Gasteiger partial charge is 0.126 e. The summed E-state index contributed by atoms with van der Waals surface area (Å²) in [5.41, 5.74) is 2.35. The van der Waals surface area contributed by atoms with Gasteiger partial charge in [-0.3, -0.25) is 0 Å². The van der Waals surface area contributed by atoms with E-state index < -0.39 is 0 Å². The Bertz CT molecular complexity index is 560. The SMILES string of the molecule is Cc1cc(-n2cc(CNC3CC3)nn2)ccc1F. The van der Waals surface area contributed by atoms with Gasteiger partial charge in [-0.05, 0) is 43.5 Å². The molecule has 1 heterocycles. The third-order valence-corrected chi connectivity index (χ3v) is 3.10. The van der Waals surface area contributed by atoms with Crippen LogP contribution < -0.4 is 5.32 Å². The largest absolute Gasteiger partial charge is 0.308 e. The highest BCUT2D eigenvalue weighted by Gasteiger charge is 2.20. The number of aromatic nitrogens is 3. The van der Waals surface area contributed by atoms with Crippen LogP contribution in [0.2, 0.25) is 0 Å². The molecule has 1 fully saturated rings. The summed E-state index contributed by atoms with van der Waals surface area (Å²) in [7, 11) is 0. The van der Waals surface area contributed by atoms with Crippen LogP contribution >= 0.6 is 0 Å². The first-order valence-corrected chi connectivity index (χ1v) is 6.13. The van der Waals surface area contributed by atoms with Crippen molar-refractivity contribution in [3.8, 4) is 5.69 Å². The standard InChI is InChI=1S/C13H15FN4/c1-9-6-12(4-5-13(9)14)18-8-11(16-17-18)7-15-10-2-3-10/h4-6,8,10,15H,2-3,7H2,1H3. The number of rotatable bonds is 4. The molecule has 0 saturated heterocycles. The zero-order valence-corrected chi connectivity index (χ0v) is 10.2. The number of aryl methyl sites for hydroxylation is 1. The van der Waals surface area contributed by atoms with E-state index in [-0.39, 0.29) is 5.82 Å². The highest BCUT2D eigenvalue weighted by atomic mass is 19.1. The molecule has 0 bridgehead atoms. The molecule has 4 nitrogen and oxygen atoms in total. The first-order valence-electron chi connectivity index (χ1n) is 6.13. The fourth-order valence-corrected chi connectivity index (χ4v) is 1.81. The van der Waals surface area contributed by atoms with Crippen LogP contribution in [-0.2, 0) is 6.54 Å². The lowest BCUT2D eigenvalue weighted by Crippen LogP contribution is -2.15. The summed E-state index contributed by atoms with van der Waals surface area (Å²) in [5, 5.41) is 11.5. The first-order chi connectivity index (χ1) is 8.72. The summed E-state index contributed by atoms with van der Waals surface area (Å²) >= 11 is 0. The lowest BCUT2D eigenvalue weighted by Gasteiger charge is -2.02. The molecule has 5 heteroatoms. The van der Waals surface area contributed by atoms with Crippen molar-refractivity contribution in [2.45, 2.75) is 32.4 Å². The molecule has 2 aromatic rings. The Labute approximate surface area is 105 Å². The van der Waals surface area contributed by atoms with Gasteiger partial charge in [-0.15, -0.1) is 5.10 Å². The van der Waals surface area contributed by atoms with Gasteiger partial charge in [0.15, 0.2) is 0 Å². The van der Waals surface area contributed by atoms with Crippen molar-refractivity contribution in [1.29, 1.82) is 0 Å². The summed E-state index contributed by atoms with van der Waals surface area (Å²) in [6.45, 7) is 2.48. The quantitative estimate of drug-likeness (QED) is 0.896. The van der Waals surface area contributed by atoms with E-state index in [2.05, 4.69) is 15.6 Å². The van der Waals surface area contributed by atoms with Crippen molar-refractivity contribution in [2.24, 2.45) is 0 Å². The number of nitrogens with zero attached hydrogens (tertiary/aromatic N) is 3. The second kappa shape index (κ2) is 4.49. The van der Waals surface area contributed by atoms with E-state index in [0.29, 0.717) is 11.6 Å². The number of hydrogen-bond donors (Lipinski definition) is 1. The van der Waals surface area contributed by atoms with Gasteiger partial charge >= 0.3 is 0 Å². The molecule has 1 aliphatic carbocycles. The summed E-state index contributed by atoms with van der Waals surface area (Å²) in [6, 6.07) is 5.58. The van der Waals surface area contributed by atoms with Gasteiger partial charge in [0.2, 0.25) is 0 Å². The van der Waals surface area contributed by atoms with Crippen molar-refractivity contribution in [3.05, 3.63) is 41.5 Å². The second-order valence-electron chi connectivity index (χ2n) is 4.74. The molecule has 1 aliphatic rings. The van der Waals surface area contributed by atoms with Gasteiger partial charge < -0.3 is 5.32 Å². The van der Waals surface area contributed by atoms with E-state index in [1.54, 1.807) is 23.7 Å². The van der Waals surface area contributed by atoms with E-state index in [9.17, 15) is 4.39 Å². The average Bonchev–Trinajstić information content (AvgIpc) is 3.08. The van der Waals surface area contributed by atoms with Gasteiger partial charge in [-0.2, -0.15) is 0 Å². The average molecular weight is 246 g/mol. The lowest BCUT2D eigenvalue weighted by atomic mass is 10.2. The maximum atomic E-state index is 13.2. The maximum Gasteiger partial charge on any atom is 0.126 e. The number of benzene rings is 1. The highest BCUT2D eigenvalue weighted by molar-refractivity contribution is 5.35. The van der Waals surface area contributed by atoms with Crippen LogP contribution in [0.15, 0.2) is 24.4 Å². The van der Waals surface area contributed by atoms with Crippen LogP contribution in [-0.4, -0.2) is 21.0 Å². The third kappa shape index (κ3) is 2.41. The van der Waals surface area contributed by atoms with Gasteiger partial charge in [0.1, 0.15) is 5.82 Å². The van der Waals surface area contributed by atoms with E-state index in [0.717, 1.165) is 17.9 Å². The van der Waals surface area contributed by atoms with Gasteiger partial charge in [0, 0.05) is 12.6 Å². The Morgan fingerprint density at radius 1 is 1.44 bits per heavy atom. The summed E-state index contributed by atoms with van der Waals surface area (Å²) in [6.07, 6.45) is 4.39. The predicted octanol–water partition coefficient (Wildman–Crippen LogP) is 1.97. The van der Waals surface area contributed by atoms with Crippen LogP contribution in [0.25, 0.3) is 5.69 Å². The summed E-state index contributed by atoms with van der Waals surface area (Å²) < 4.78 is 14.9. The topological polar surface area (TPSA) is 42.7 Å². The number of halogens is 1. The highest BCUT2D eigenvalue weighted by Crippen LogP contribution is 2.19. The molecule has 0 radical (unpaired) electrons. The number of hydrogen-bond acceptors (Lipinski definition) is 3. The molecule has 1 aromatic heterocycles. The van der Waals surface area contributed by atoms with Crippen LogP contribution in [0.3, 0.4) is 0 Å². The maximum absolute atomic E-state index is 13.2. The molecular formula is C13H15FN4.